The summed E-state index contributed by atoms with van der Waals surface area (Å²) in [4.78, 5) is 23.4. The molecule has 90 valence electrons. The number of rotatable bonds is 2. The van der Waals surface area contributed by atoms with Crippen LogP contribution in [0.15, 0.2) is 11.6 Å². The van der Waals surface area contributed by atoms with Gasteiger partial charge in [0, 0.05) is 19.2 Å². The molecule has 1 unspecified atom stereocenters. The van der Waals surface area contributed by atoms with E-state index in [4.69, 9.17) is 9.84 Å². The largest absolute Gasteiger partial charge is 0.465 e. The number of likely N-dealkylation sites (tertiary alicyclic amines) is 1. The van der Waals surface area contributed by atoms with Crippen molar-refractivity contribution in [1.29, 1.82) is 0 Å². The van der Waals surface area contributed by atoms with Gasteiger partial charge in [0.25, 0.3) is 0 Å². The minimum Gasteiger partial charge on any atom is -0.465 e. The molecule has 1 amide bonds. The number of ether oxygens (including phenoxy) is 1. The topological polar surface area (TPSA) is 66.8 Å². The summed E-state index contributed by atoms with van der Waals surface area (Å²) in [6, 6.07) is 0. The number of carboxylic acid groups (broad SMARTS) is 1. The molecular weight excluding hydrogens is 210 g/mol. The zero-order valence-electron chi connectivity index (χ0n) is 9.60. The minimum absolute atomic E-state index is 0.0780. The fourth-order valence-electron chi connectivity index (χ4n) is 1.77. The van der Waals surface area contributed by atoms with Crippen LogP contribution in [0.25, 0.3) is 0 Å². The highest BCUT2D eigenvalue weighted by Crippen LogP contribution is 2.22. The van der Waals surface area contributed by atoms with E-state index in [1.165, 1.54) is 11.0 Å². The van der Waals surface area contributed by atoms with Crippen molar-refractivity contribution in [1.82, 2.24) is 4.90 Å². The summed E-state index contributed by atoms with van der Waals surface area (Å²) in [6.07, 6.45) is 1.20. The predicted octanol–water partition coefficient (Wildman–Crippen LogP) is 1.50. The molecule has 0 aromatic rings. The van der Waals surface area contributed by atoms with Gasteiger partial charge in [0.1, 0.15) is 0 Å². The summed E-state index contributed by atoms with van der Waals surface area (Å²) in [7, 11) is 0. The van der Waals surface area contributed by atoms with Crippen LogP contribution < -0.4 is 0 Å². The fourth-order valence-corrected chi connectivity index (χ4v) is 1.77. The number of carbonyl (C=O) groups excluding carboxylic acids is 1. The zero-order chi connectivity index (χ0) is 12.1. The molecule has 5 heteroatoms. The van der Waals surface area contributed by atoms with Gasteiger partial charge in [-0.15, -0.1) is 0 Å². The molecule has 5 nitrogen and oxygen atoms in total. The third-order valence-corrected chi connectivity index (χ3v) is 2.66. The standard InChI is InChI=1S/C11H17NO4/c1-3-16-10(13)6-9-4-5-12(11(14)15)7-8(9)2/h6,8H,3-5,7H2,1-2H3,(H,14,15)/b9-6-. The number of hydrogen-bond donors (Lipinski definition) is 1. The van der Waals surface area contributed by atoms with Gasteiger partial charge in [-0.25, -0.2) is 9.59 Å². The Morgan fingerprint density at radius 2 is 2.31 bits per heavy atom. The molecule has 1 saturated heterocycles. The Morgan fingerprint density at radius 3 is 2.81 bits per heavy atom. The van der Waals surface area contributed by atoms with Crippen LogP contribution in [0.4, 0.5) is 4.79 Å². The van der Waals surface area contributed by atoms with Crippen molar-refractivity contribution in [3.8, 4) is 0 Å². The Bertz CT molecular complexity index is 311. The van der Waals surface area contributed by atoms with E-state index in [1.807, 2.05) is 6.92 Å². The van der Waals surface area contributed by atoms with Gasteiger partial charge in [0.15, 0.2) is 0 Å². The highest BCUT2D eigenvalue weighted by molar-refractivity contribution is 5.83. The van der Waals surface area contributed by atoms with Crippen molar-refractivity contribution in [2.45, 2.75) is 20.3 Å². The molecule has 1 aliphatic heterocycles. The molecule has 0 bridgehead atoms. The van der Waals surface area contributed by atoms with E-state index < -0.39 is 6.09 Å². The first-order valence-electron chi connectivity index (χ1n) is 5.39. The van der Waals surface area contributed by atoms with Gasteiger partial charge in [-0.2, -0.15) is 0 Å². The highest BCUT2D eigenvalue weighted by atomic mass is 16.5. The number of carbonyl (C=O) groups is 2. The molecule has 1 heterocycles. The fraction of sp³-hybridized carbons (Fsp3) is 0.636. The molecule has 1 N–H and O–H groups in total. The van der Waals surface area contributed by atoms with Crippen molar-refractivity contribution in [2.24, 2.45) is 5.92 Å². The second-order valence-electron chi connectivity index (χ2n) is 3.85. The van der Waals surface area contributed by atoms with Crippen LogP contribution >= 0.6 is 0 Å². The van der Waals surface area contributed by atoms with Crippen LogP contribution in [0, 0.1) is 5.92 Å². The van der Waals surface area contributed by atoms with Gasteiger partial charge < -0.3 is 14.7 Å². The number of amides is 1. The molecular formula is C11H17NO4. The van der Waals surface area contributed by atoms with Crippen LogP contribution in [-0.4, -0.2) is 41.8 Å². The highest BCUT2D eigenvalue weighted by Gasteiger charge is 2.24. The third kappa shape index (κ3) is 3.25. The van der Waals surface area contributed by atoms with Gasteiger partial charge in [-0.1, -0.05) is 12.5 Å². The second-order valence-corrected chi connectivity index (χ2v) is 3.85. The number of piperidine rings is 1. The molecule has 0 aromatic heterocycles. The second kappa shape index (κ2) is 5.53. The van der Waals surface area contributed by atoms with Crippen molar-refractivity contribution >= 4 is 12.1 Å². The van der Waals surface area contributed by atoms with Crippen LogP contribution in [-0.2, 0) is 9.53 Å². The normalized spacial score (nSPS) is 23.2. The molecule has 1 aliphatic rings. The summed E-state index contributed by atoms with van der Waals surface area (Å²) in [5.74, 6) is -0.262. The Kier molecular flexibility index (Phi) is 4.34. The van der Waals surface area contributed by atoms with E-state index in [1.54, 1.807) is 6.92 Å². The molecule has 0 spiro atoms. The van der Waals surface area contributed by atoms with Gasteiger partial charge in [-0.3, -0.25) is 0 Å². The van der Waals surface area contributed by atoms with E-state index in [9.17, 15) is 9.59 Å². The molecule has 1 rings (SSSR count). The lowest BCUT2D eigenvalue weighted by Gasteiger charge is -2.30. The Morgan fingerprint density at radius 1 is 1.62 bits per heavy atom. The lowest BCUT2D eigenvalue weighted by Crippen LogP contribution is -2.39. The summed E-state index contributed by atoms with van der Waals surface area (Å²) in [5.41, 5.74) is 0.968. The maximum Gasteiger partial charge on any atom is 0.407 e. The quantitative estimate of drug-likeness (QED) is 0.573. The first kappa shape index (κ1) is 12.5. The van der Waals surface area contributed by atoms with Crippen LogP contribution in [0.3, 0.4) is 0 Å². The summed E-state index contributed by atoms with van der Waals surface area (Å²) in [5, 5.41) is 8.82. The van der Waals surface area contributed by atoms with Crippen molar-refractivity contribution in [2.75, 3.05) is 19.7 Å². The smallest absolute Gasteiger partial charge is 0.407 e. The molecule has 0 saturated carbocycles. The van der Waals surface area contributed by atoms with Crippen molar-refractivity contribution in [3.63, 3.8) is 0 Å². The molecule has 0 aliphatic carbocycles. The Hall–Kier alpha value is -1.52. The molecule has 1 atom stereocenters. The summed E-state index contributed by atoms with van der Waals surface area (Å²) in [6.45, 7) is 4.93. The van der Waals surface area contributed by atoms with Gasteiger partial charge in [-0.05, 0) is 19.3 Å². The average Bonchev–Trinajstić information content (AvgIpc) is 2.21. The lowest BCUT2D eigenvalue weighted by atomic mass is 9.93. The monoisotopic (exact) mass is 227 g/mol. The van der Waals surface area contributed by atoms with Gasteiger partial charge in [0.05, 0.1) is 6.61 Å². The minimum atomic E-state index is -0.901. The average molecular weight is 227 g/mol. The Labute approximate surface area is 94.7 Å². The number of hydrogen-bond acceptors (Lipinski definition) is 3. The van der Waals surface area contributed by atoms with Crippen LogP contribution in [0.2, 0.25) is 0 Å². The van der Waals surface area contributed by atoms with E-state index in [-0.39, 0.29) is 11.9 Å². The Balaban J connectivity index is 2.59. The maximum absolute atomic E-state index is 11.2. The third-order valence-electron chi connectivity index (χ3n) is 2.66. The molecule has 0 radical (unpaired) electrons. The maximum atomic E-state index is 11.2. The molecule has 16 heavy (non-hydrogen) atoms. The van der Waals surface area contributed by atoms with E-state index in [0.29, 0.717) is 26.1 Å². The van der Waals surface area contributed by atoms with Crippen molar-refractivity contribution < 1.29 is 19.4 Å². The van der Waals surface area contributed by atoms with E-state index in [2.05, 4.69) is 0 Å². The first-order valence-corrected chi connectivity index (χ1v) is 5.39. The van der Waals surface area contributed by atoms with Gasteiger partial charge in [0.2, 0.25) is 0 Å². The van der Waals surface area contributed by atoms with Crippen molar-refractivity contribution in [3.05, 3.63) is 11.6 Å². The summed E-state index contributed by atoms with van der Waals surface area (Å²) >= 11 is 0. The van der Waals surface area contributed by atoms with Gasteiger partial charge >= 0.3 is 12.1 Å². The zero-order valence-corrected chi connectivity index (χ0v) is 9.60. The number of nitrogens with zero attached hydrogens (tertiary/aromatic N) is 1. The summed E-state index contributed by atoms with van der Waals surface area (Å²) < 4.78 is 4.82. The predicted molar refractivity (Wildman–Crippen MR) is 58.1 cm³/mol. The van der Waals surface area contributed by atoms with Crippen LogP contribution in [0.5, 0.6) is 0 Å². The SMILES string of the molecule is CCOC(=O)/C=C1/CCN(C(=O)O)CC1C. The van der Waals surface area contributed by atoms with Crippen LogP contribution in [0.1, 0.15) is 20.3 Å². The number of esters is 1. The molecule has 0 aromatic carbocycles. The van der Waals surface area contributed by atoms with E-state index >= 15 is 0 Å². The molecule has 1 fully saturated rings. The lowest BCUT2D eigenvalue weighted by molar-refractivity contribution is -0.137. The van der Waals surface area contributed by atoms with E-state index in [0.717, 1.165) is 5.57 Å². The first-order chi connectivity index (χ1) is 7.54.